The molecule has 4 aromatic rings. The summed E-state index contributed by atoms with van der Waals surface area (Å²) in [5.41, 5.74) is 17.2. The van der Waals surface area contributed by atoms with Crippen molar-refractivity contribution in [2.24, 2.45) is 0 Å². The largest absolute Gasteiger partial charge is 0.496 e. The van der Waals surface area contributed by atoms with E-state index in [9.17, 15) is 4.79 Å². The zero-order valence-electron chi connectivity index (χ0n) is 24.3. The lowest BCUT2D eigenvalue weighted by molar-refractivity contribution is 0.0936. The lowest BCUT2D eigenvalue weighted by atomic mass is 10.1. The molecular weight excluding hydrogens is 532 g/mol. The summed E-state index contributed by atoms with van der Waals surface area (Å²) >= 11 is 0. The maximum absolute atomic E-state index is 12.2. The first kappa shape index (κ1) is 29.0. The molecule has 0 unspecified atom stereocenters. The van der Waals surface area contributed by atoms with Crippen molar-refractivity contribution in [3.05, 3.63) is 71.4 Å². The van der Waals surface area contributed by atoms with Crippen LogP contribution < -0.4 is 26.8 Å². The minimum Gasteiger partial charge on any atom is -0.496 e. The molecule has 5 rings (SSSR count). The number of nitrogens with zero attached hydrogens (tertiary/aromatic N) is 4. The van der Waals surface area contributed by atoms with Crippen molar-refractivity contribution < 1.29 is 14.3 Å². The second-order valence-electron chi connectivity index (χ2n) is 10.7. The van der Waals surface area contributed by atoms with Crippen LogP contribution in [-0.4, -0.2) is 58.3 Å². The number of rotatable bonds is 13. The highest BCUT2D eigenvalue weighted by Gasteiger charge is 2.28. The van der Waals surface area contributed by atoms with Crippen LogP contribution in [0.5, 0.6) is 5.75 Å². The number of benzene rings is 2. The Morgan fingerprint density at radius 3 is 2.57 bits per heavy atom. The molecule has 11 heteroatoms. The highest BCUT2D eigenvalue weighted by molar-refractivity contribution is 5.87. The minimum atomic E-state index is -0.410. The number of nitrogens with two attached hydrogens (primary N) is 2. The molecule has 11 nitrogen and oxygen atoms in total. The number of anilines is 3. The van der Waals surface area contributed by atoms with E-state index < -0.39 is 6.09 Å². The van der Waals surface area contributed by atoms with E-state index in [0.717, 1.165) is 84.7 Å². The molecule has 1 aliphatic rings. The second kappa shape index (κ2) is 13.4. The normalized spacial score (nSPS) is 13.6. The number of ether oxygens (including phenoxy) is 2. The highest BCUT2D eigenvalue weighted by Crippen LogP contribution is 2.28. The van der Waals surface area contributed by atoms with Crippen molar-refractivity contribution in [3.63, 3.8) is 0 Å². The Morgan fingerprint density at radius 2 is 1.81 bits per heavy atom. The van der Waals surface area contributed by atoms with Crippen LogP contribution >= 0.6 is 0 Å². The molecule has 3 heterocycles. The Hall–Kier alpha value is -4.51. The molecule has 0 aliphatic carbocycles. The summed E-state index contributed by atoms with van der Waals surface area (Å²) in [5, 5.41) is 6.39. The van der Waals surface area contributed by atoms with Crippen LogP contribution in [0, 0.1) is 0 Å². The van der Waals surface area contributed by atoms with Crippen LogP contribution in [-0.2, 0) is 24.4 Å². The number of unbranched alkanes of at least 4 members (excludes halogenated alkanes) is 2. The average molecular weight is 573 g/mol. The number of alkyl carbamates (subject to hydrolysis) is 1. The van der Waals surface area contributed by atoms with Gasteiger partial charge in [-0.15, -0.1) is 0 Å². The Balaban J connectivity index is 1.15. The van der Waals surface area contributed by atoms with Gasteiger partial charge in [0.05, 0.1) is 25.2 Å². The van der Waals surface area contributed by atoms with E-state index in [2.05, 4.69) is 55.2 Å². The Kier molecular flexibility index (Phi) is 9.28. The summed E-state index contributed by atoms with van der Waals surface area (Å²) in [6.45, 7) is 6.12. The first-order chi connectivity index (χ1) is 20.4. The number of methoxy groups -OCH3 is 1. The van der Waals surface area contributed by atoms with E-state index in [0.29, 0.717) is 12.2 Å². The molecule has 0 saturated carbocycles. The van der Waals surface area contributed by atoms with Crippen LogP contribution in [0.15, 0.2) is 54.7 Å². The average Bonchev–Trinajstić information content (AvgIpc) is 3.36. The van der Waals surface area contributed by atoms with Gasteiger partial charge in [-0.05, 0) is 41.8 Å². The van der Waals surface area contributed by atoms with Crippen molar-refractivity contribution in [1.82, 2.24) is 24.8 Å². The van der Waals surface area contributed by atoms with Gasteiger partial charge in [-0.1, -0.05) is 44.0 Å². The van der Waals surface area contributed by atoms with Gasteiger partial charge in [-0.2, -0.15) is 4.98 Å². The van der Waals surface area contributed by atoms with Crippen molar-refractivity contribution in [3.8, 4) is 5.75 Å². The number of fused-ring (bicyclic) bond motifs is 1. The first-order valence-electron chi connectivity index (χ1n) is 14.4. The summed E-state index contributed by atoms with van der Waals surface area (Å²) in [6, 6.07) is 15.6. The molecule has 1 aliphatic heterocycles. The van der Waals surface area contributed by atoms with Gasteiger partial charge in [-0.25, -0.2) is 9.78 Å². The van der Waals surface area contributed by atoms with E-state index >= 15 is 0 Å². The summed E-state index contributed by atoms with van der Waals surface area (Å²) in [5.74, 6) is 1.84. The molecule has 1 fully saturated rings. The molecule has 222 valence electrons. The van der Waals surface area contributed by atoms with Crippen LogP contribution in [0.2, 0.25) is 0 Å². The van der Waals surface area contributed by atoms with Gasteiger partial charge in [0.15, 0.2) is 5.82 Å². The Labute approximate surface area is 246 Å². The van der Waals surface area contributed by atoms with Gasteiger partial charge in [0.1, 0.15) is 17.9 Å². The lowest BCUT2D eigenvalue weighted by Gasteiger charge is -2.39. The quantitative estimate of drug-likeness (QED) is 0.136. The monoisotopic (exact) mass is 572 g/mol. The topological polar surface area (TPSA) is 146 Å². The van der Waals surface area contributed by atoms with E-state index in [1.165, 1.54) is 0 Å². The zero-order chi connectivity index (χ0) is 29.5. The van der Waals surface area contributed by atoms with Gasteiger partial charge < -0.3 is 36.1 Å². The lowest BCUT2D eigenvalue weighted by Crippen LogP contribution is -2.58. The summed E-state index contributed by atoms with van der Waals surface area (Å²) in [4.78, 5) is 23.4. The number of hydrogen-bond donors (Lipinski definition) is 4. The zero-order valence-corrected chi connectivity index (χ0v) is 24.3. The van der Waals surface area contributed by atoms with Gasteiger partial charge in [0.25, 0.3) is 0 Å². The second-order valence-corrected chi connectivity index (χ2v) is 10.7. The molecular formula is C31H40N8O3. The molecule has 0 atom stereocenters. The summed E-state index contributed by atoms with van der Waals surface area (Å²) in [6.07, 6.45) is 4.99. The smallest absolute Gasteiger partial charge is 0.407 e. The van der Waals surface area contributed by atoms with Gasteiger partial charge in [0.2, 0.25) is 5.95 Å². The highest BCUT2D eigenvalue weighted by atomic mass is 16.5. The standard InChI is InChI=1S/C31H40N8O3/c1-3-4-5-13-34-29-28-26(36-30(33)37-29)12-14-39(28)17-23-9-6-22(15-27(23)41-2)16-38-18-25(19-38)35-31(40)42-20-21-7-10-24(32)11-8-21/h6-12,14-15,25H,3-5,13,16-20,32H2,1-2H3,(H,35,40)(H3,33,34,36,37). The molecule has 1 amide bonds. The molecule has 2 aromatic heterocycles. The van der Waals surface area contributed by atoms with Crippen LogP contribution in [0.4, 0.5) is 22.2 Å². The maximum Gasteiger partial charge on any atom is 0.407 e. The molecule has 1 saturated heterocycles. The van der Waals surface area contributed by atoms with Gasteiger partial charge in [0, 0.05) is 43.6 Å². The van der Waals surface area contributed by atoms with Crippen molar-refractivity contribution >= 4 is 34.6 Å². The van der Waals surface area contributed by atoms with Crippen molar-refractivity contribution in [2.75, 3.05) is 43.5 Å². The van der Waals surface area contributed by atoms with E-state index in [-0.39, 0.29) is 18.6 Å². The van der Waals surface area contributed by atoms with Gasteiger partial charge in [-0.3, -0.25) is 4.90 Å². The molecule has 42 heavy (non-hydrogen) atoms. The van der Waals surface area contributed by atoms with Crippen molar-refractivity contribution in [2.45, 2.75) is 51.9 Å². The predicted octanol–water partition coefficient (Wildman–Crippen LogP) is 4.37. The fourth-order valence-electron chi connectivity index (χ4n) is 5.18. The summed E-state index contributed by atoms with van der Waals surface area (Å²) < 4.78 is 13.3. The first-order valence-corrected chi connectivity index (χ1v) is 14.4. The van der Waals surface area contributed by atoms with Crippen LogP contribution in [0.1, 0.15) is 42.9 Å². The Bertz CT molecular complexity index is 1500. The third-order valence-electron chi connectivity index (χ3n) is 7.43. The maximum atomic E-state index is 12.2. The fraction of sp³-hybridized carbons (Fsp3) is 0.387. The van der Waals surface area contributed by atoms with Crippen LogP contribution in [0.25, 0.3) is 11.0 Å². The SMILES string of the molecule is CCCCCNc1nc(N)nc2ccn(Cc3ccc(CN4CC(NC(=O)OCc5ccc(N)cc5)C4)cc3OC)c12. The number of amides is 1. The number of nitrogens with one attached hydrogen (secondary N) is 2. The number of aromatic nitrogens is 3. The minimum absolute atomic E-state index is 0.0631. The fourth-order valence-corrected chi connectivity index (χ4v) is 5.18. The van der Waals surface area contributed by atoms with Gasteiger partial charge >= 0.3 is 6.09 Å². The number of carbonyl (C=O) groups is 1. The molecule has 2 aromatic carbocycles. The summed E-state index contributed by atoms with van der Waals surface area (Å²) in [7, 11) is 1.69. The number of likely N-dealkylation sites (tertiary alicyclic amines) is 1. The molecule has 6 N–H and O–H groups in total. The van der Waals surface area contributed by atoms with Crippen LogP contribution in [0.3, 0.4) is 0 Å². The Morgan fingerprint density at radius 1 is 1.02 bits per heavy atom. The number of carbonyl (C=O) groups excluding carboxylic acids is 1. The van der Waals surface area contributed by atoms with Crippen molar-refractivity contribution in [1.29, 1.82) is 0 Å². The third-order valence-corrected chi connectivity index (χ3v) is 7.43. The van der Waals surface area contributed by atoms with E-state index in [4.69, 9.17) is 20.9 Å². The predicted molar refractivity (Wildman–Crippen MR) is 165 cm³/mol. The molecule has 0 spiro atoms. The molecule has 0 bridgehead atoms. The number of nitrogen functional groups attached to an aromatic ring is 2. The molecule has 0 radical (unpaired) electrons. The van der Waals surface area contributed by atoms with E-state index in [1.807, 2.05) is 24.4 Å². The van der Waals surface area contributed by atoms with E-state index in [1.54, 1.807) is 19.2 Å². The third kappa shape index (κ3) is 7.22. The number of hydrogen-bond acceptors (Lipinski definition) is 9.